The third-order valence-electron chi connectivity index (χ3n) is 1.47. The van der Waals surface area contributed by atoms with Crippen LogP contribution in [0.4, 0.5) is 0 Å². The van der Waals surface area contributed by atoms with Crippen molar-refractivity contribution in [2.24, 2.45) is 0 Å². The SMILES string of the molecule is Cc1cccc([CH2][Zn][Br])c1. The van der Waals surface area contributed by atoms with E-state index in [2.05, 4.69) is 44.8 Å². The molecule has 0 aromatic heterocycles. The Labute approximate surface area is 76.0 Å². The molecule has 0 spiro atoms. The van der Waals surface area contributed by atoms with Crippen LogP contribution in [0.25, 0.3) is 0 Å². The zero-order valence-corrected chi connectivity index (χ0v) is 10.7. The van der Waals surface area contributed by atoms with Crippen molar-refractivity contribution in [2.75, 3.05) is 0 Å². The van der Waals surface area contributed by atoms with Crippen molar-refractivity contribution in [3.05, 3.63) is 35.4 Å². The fourth-order valence-electron chi connectivity index (χ4n) is 0.977. The van der Waals surface area contributed by atoms with Crippen LogP contribution >= 0.6 is 13.6 Å². The summed E-state index contributed by atoms with van der Waals surface area (Å²) >= 11 is 3.25. The van der Waals surface area contributed by atoms with Crippen LogP contribution in [-0.2, 0) is 20.2 Å². The second kappa shape index (κ2) is 4.25. The van der Waals surface area contributed by atoms with E-state index in [-0.39, 0.29) is 15.2 Å². The molecule has 0 bridgehead atoms. The van der Waals surface area contributed by atoms with Gasteiger partial charge >= 0.3 is 76.1 Å². The van der Waals surface area contributed by atoms with Gasteiger partial charge in [0.2, 0.25) is 0 Å². The molecule has 0 fully saturated rings. The first kappa shape index (κ1) is 8.42. The molecule has 2 heteroatoms. The molecule has 0 nitrogen and oxygen atoms in total. The first-order valence-electron chi connectivity index (χ1n) is 3.44. The van der Waals surface area contributed by atoms with Gasteiger partial charge in [-0.25, -0.2) is 0 Å². The third-order valence-corrected chi connectivity index (χ3v) is 5.13. The fourth-order valence-corrected chi connectivity index (χ4v) is 4.47. The van der Waals surface area contributed by atoms with E-state index in [1.54, 1.807) is 0 Å². The third kappa shape index (κ3) is 2.51. The molecule has 0 unspecified atom stereocenters. The zero-order valence-electron chi connectivity index (χ0n) is 6.10. The molecule has 0 amide bonds. The topological polar surface area (TPSA) is 0 Å². The quantitative estimate of drug-likeness (QED) is 0.708. The second-order valence-electron chi connectivity index (χ2n) is 2.43. The van der Waals surface area contributed by atoms with Crippen LogP contribution in [-0.4, -0.2) is 0 Å². The van der Waals surface area contributed by atoms with E-state index in [1.807, 2.05) is 0 Å². The van der Waals surface area contributed by atoms with Gasteiger partial charge in [-0.2, -0.15) is 0 Å². The average Bonchev–Trinajstić information content (AvgIpc) is 1.88. The van der Waals surface area contributed by atoms with Gasteiger partial charge < -0.3 is 0 Å². The number of hydrogen-bond acceptors (Lipinski definition) is 0. The van der Waals surface area contributed by atoms with Crippen molar-refractivity contribution in [1.82, 2.24) is 0 Å². The molecule has 0 saturated heterocycles. The molecule has 0 radical (unpaired) electrons. The van der Waals surface area contributed by atoms with Gasteiger partial charge in [-0.15, -0.1) is 0 Å². The van der Waals surface area contributed by atoms with E-state index in [4.69, 9.17) is 0 Å². The molecule has 0 aliphatic heterocycles. The number of benzene rings is 1. The van der Waals surface area contributed by atoms with Gasteiger partial charge in [0, 0.05) is 0 Å². The Kier molecular flexibility index (Phi) is 3.58. The van der Waals surface area contributed by atoms with Crippen LogP contribution in [0.15, 0.2) is 24.3 Å². The van der Waals surface area contributed by atoms with Crippen molar-refractivity contribution in [3.63, 3.8) is 0 Å². The summed E-state index contributed by atoms with van der Waals surface area (Å²) in [6.45, 7) is 2.14. The van der Waals surface area contributed by atoms with Crippen LogP contribution < -0.4 is 0 Å². The number of rotatable bonds is 2. The molecule has 1 aromatic carbocycles. The molecule has 0 N–H and O–H groups in total. The summed E-state index contributed by atoms with van der Waals surface area (Å²) in [5, 5.41) is 1.31. The van der Waals surface area contributed by atoms with Crippen molar-refractivity contribution >= 4 is 13.6 Å². The molecule has 0 atom stereocenters. The van der Waals surface area contributed by atoms with E-state index >= 15 is 0 Å². The monoisotopic (exact) mass is 248 g/mol. The first-order valence-corrected chi connectivity index (χ1v) is 12.5. The molecular formula is C8H9BrZn. The second-order valence-corrected chi connectivity index (χ2v) is 8.39. The number of aryl methyl sites for hydroxylation is 1. The van der Waals surface area contributed by atoms with Crippen LogP contribution in [0, 0.1) is 6.92 Å². The van der Waals surface area contributed by atoms with Crippen LogP contribution in [0.1, 0.15) is 11.1 Å². The minimum atomic E-state index is -0.352. The average molecular weight is 250 g/mol. The van der Waals surface area contributed by atoms with Gasteiger partial charge in [0.15, 0.2) is 0 Å². The predicted octanol–water partition coefficient (Wildman–Crippen LogP) is 2.89. The molecule has 50 valence electrons. The maximum atomic E-state index is 3.60. The molecule has 0 saturated carbocycles. The summed E-state index contributed by atoms with van der Waals surface area (Å²) in [6, 6.07) is 8.76. The Balaban J connectivity index is 2.75. The van der Waals surface area contributed by atoms with Gasteiger partial charge in [-0.1, -0.05) is 0 Å². The van der Waals surface area contributed by atoms with Crippen LogP contribution in [0.3, 0.4) is 0 Å². The molecule has 10 heavy (non-hydrogen) atoms. The van der Waals surface area contributed by atoms with E-state index in [0.29, 0.717) is 0 Å². The van der Waals surface area contributed by atoms with Gasteiger partial charge in [0.25, 0.3) is 0 Å². The number of hydrogen-bond donors (Lipinski definition) is 0. The Morgan fingerprint density at radius 1 is 1.50 bits per heavy atom. The first-order chi connectivity index (χ1) is 4.83. The summed E-state index contributed by atoms with van der Waals surface area (Å²) < 4.78 is 0. The van der Waals surface area contributed by atoms with Crippen molar-refractivity contribution < 1.29 is 15.2 Å². The Morgan fingerprint density at radius 3 is 2.90 bits per heavy atom. The van der Waals surface area contributed by atoms with Crippen molar-refractivity contribution in [3.8, 4) is 0 Å². The summed E-state index contributed by atoms with van der Waals surface area (Å²) in [5.41, 5.74) is 2.87. The van der Waals surface area contributed by atoms with Gasteiger partial charge in [0.05, 0.1) is 0 Å². The van der Waals surface area contributed by atoms with Gasteiger partial charge in [-0.3, -0.25) is 0 Å². The molecule has 0 aliphatic rings. The molecule has 0 aliphatic carbocycles. The molecule has 1 rings (SSSR count). The van der Waals surface area contributed by atoms with Crippen molar-refractivity contribution in [2.45, 2.75) is 11.9 Å². The zero-order chi connectivity index (χ0) is 7.40. The van der Waals surface area contributed by atoms with Crippen molar-refractivity contribution in [1.29, 1.82) is 0 Å². The Bertz CT molecular complexity index is 210. The standard InChI is InChI=1S/C8H9.BrH.Zn/c1-7-4-3-5-8(2)6-7;;/h3-6H,1H2,2H3;1H;/q;;+1/p-1. The van der Waals surface area contributed by atoms with Crippen LogP contribution in [0.5, 0.6) is 0 Å². The Morgan fingerprint density at radius 2 is 2.30 bits per heavy atom. The number of halogens is 1. The van der Waals surface area contributed by atoms with E-state index < -0.39 is 0 Å². The molecule has 1 aromatic rings. The van der Waals surface area contributed by atoms with E-state index in [9.17, 15) is 0 Å². The summed E-state index contributed by atoms with van der Waals surface area (Å²) in [5.74, 6) is 0. The van der Waals surface area contributed by atoms with Gasteiger partial charge in [0.1, 0.15) is 0 Å². The maximum absolute atomic E-state index is 3.60. The minimum absolute atomic E-state index is 0.352. The van der Waals surface area contributed by atoms with E-state index in [0.717, 1.165) is 0 Å². The summed E-state index contributed by atoms with van der Waals surface area (Å²) in [4.78, 5) is 0. The molecule has 0 heterocycles. The normalized spacial score (nSPS) is 9.00. The molecular weight excluding hydrogens is 241 g/mol. The Hall–Kier alpha value is 0.323. The van der Waals surface area contributed by atoms with Gasteiger partial charge in [-0.05, 0) is 0 Å². The fraction of sp³-hybridized carbons (Fsp3) is 0.250. The van der Waals surface area contributed by atoms with E-state index in [1.165, 1.54) is 16.1 Å². The summed E-state index contributed by atoms with van der Waals surface area (Å²) in [6.07, 6.45) is 0. The predicted molar refractivity (Wildman–Crippen MR) is 43.8 cm³/mol. The summed E-state index contributed by atoms with van der Waals surface area (Å²) in [7, 11) is 0. The van der Waals surface area contributed by atoms with Crippen LogP contribution in [0.2, 0.25) is 0 Å².